The lowest BCUT2D eigenvalue weighted by Gasteiger charge is -2.27. The summed E-state index contributed by atoms with van der Waals surface area (Å²) in [5, 5.41) is 18.0. The second-order valence-corrected chi connectivity index (χ2v) is 7.69. The van der Waals surface area contributed by atoms with E-state index in [4.69, 9.17) is 24.6 Å². The number of rotatable bonds is 7. The summed E-state index contributed by atoms with van der Waals surface area (Å²) in [5.74, 6) is 1.87. The van der Waals surface area contributed by atoms with Gasteiger partial charge in [0, 0.05) is 60.5 Å². The fourth-order valence-corrected chi connectivity index (χ4v) is 3.76. The number of benzene rings is 2. The average molecular weight is 457 g/mol. The van der Waals surface area contributed by atoms with E-state index in [2.05, 4.69) is 25.7 Å². The van der Waals surface area contributed by atoms with Crippen LogP contribution in [0.2, 0.25) is 0 Å². The van der Waals surface area contributed by atoms with Crippen LogP contribution >= 0.6 is 0 Å². The number of ether oxygens (including phenoxy) is 1. The molecule has 4 aromatic rings. The zero-order chi connectivity index (χ0) is 23.3. The molecule has 1 aliphatic heterocycles. The first kappa shape index (κ1) is 21.5. The van der Waals surface area contributed by atoms with Gasteiger partial charge in [0.25, 0.3) is 0 Å². The molecule has 10 heteroatoms. The number of hydrogen-bond acceptors (Lipinski definition) is 10. The van der Waals surface area contributed by atoms with E-state index in [9.17, 15) is 0 Å². The molecule has 1 aliphatic rings. The van der Waals surface area contributed by atoms with Crippen molar-refractivity contribution in [2.75, 3.05) is 48.9 Å². The van der Waals surface area contributed by atoms with Gasteiger partial charge in [-0.2, -0.15) is 9.97 Å². The average Bonchev–Trinajstić information content (AvgIpc) is 3.44. The van der Waals surface area contributed by atoms with Crippen LogP contribution < -0.4 is 15.5 Å². The normalized spacial score (nSPS) is 13.5. The summed E-state index contributed by atoms with van der Waals surface area (Å²) in [4.78, 5) is 15.8. The maximum absolute atomic E-state index is 7.62. The molecule has 0 bridgehead atoms. The molecule has 2 aromatic heterocycles. The van der Waals surface area contributed by atoms with E-state index in [0.29, 0.717) is 30.8 Å². The second-order valence-electron chi connectivity index (χ2n) is 7.69. The highest BCUT2D eigenvalue weighted by atomic mass is 16.5. The van der Waals surface area contributed by atoms with Crippen molar-refractivity contribution in [1.29, 1.82) is 5.41 Å². The molecule has 3 heterocycles. The SMILES string of the molecule is CNc1cc(-c2cc(Nc3ccc(-c4ncon4)cc3)nc(N3CCOCC3)n2)ccc1C=N. The van der Waals surface area contributed by atoms with Gasteiger partial charge in [-0.3, -0.25) is 0 Å². The van der Waals surface area contributed by atoms with Crippen molar-refractivity contribution in [3.63, 3.8) is 0 Å². The first-order valence-corrected chi connectivity index (χ1v) is 10.9. The largest absolute Gasteiger partial charge is 0.388 e. The van der Waals surface area contributed by atoms with Gasteiger partial charge in [-0.15, -0.1) is 0 Å². The van der Waals surface area contributed by atoms with Crippen molar-refractivity contribution in [2.45, 2.75) is 0 Å². The molecule has 2 aromatic carbocycles. The van der Waals surface area contributed by atoms with Crippen molar-refractivity contribution < 1.29 is 9.26 Å². The minimum absolute atomic E-state index is 0.541. The Morgan fingerprint density at radius 3 is 2.50 bits per heavy atom. The lowest BCUT2D eigenvalue weighted by Crippen LogP contribution is -2.37. The Hall–Kier alpha value is -4.31. The van der Waals surface area contributed by atoms with E-state index in [1.807, 2.05) is 55.6 Å². The summed E-state index contributed by atoms with van der Waals surface area (Å²) in [5.41, 5.74) is 5.14. The Morgan fingerprint density at radius 1 is 1.00 bits per heavy atom. The molecule has 0 unspecified atom stereocenters. The number of nitrogens with zero attached hydrogens (tertiary/aromatic N) is 5. The molecule has 3 N–H and O–H groups in total. The highest BCUT2D eigenvalue weighted by molar-refractivity contribution is 5.88. The van der Waals surface area contributed by atoms with E-state index in [1.54, 1.807) is 0 Å². The van der Waals surface area contributed by atoms with Crippen LogP contribution in [0, 0.1) is 5.41 Å². The first-order chi connectivity index (χ1) is 16.7. The maximum atomic E-state index is 7.62. The number of nitrogens with one attached hydrogen (secondary N) is 3. The number of anilines is 4. The molecule has 5 rings (SSSR count). The quantitative estimate of drug-likeness (QED) is 0.356. The molecule has 0 atom stereocenters. The molecule has 10 nitrogen and oxygen atoms in total. The number of morpholine rings is 1. The molecule has 0 saturated carbocycles. The molecule has 0 amide bonds. The molecule has 0 aliphatic carbocycles. The van der Waals surface area contributed by atoms with Crippen LogP contribution in [-0.2, 0) is 4.74 Å². The van der Waals surface area contributed by atoms with Crippen LogP contribution in [0.15, 0.2) is 59.4 Å². The summed E-state index contributed by atoms with van der Waals surface area (Å²) < 4.78 is 10.3. The molecular formula is C24H24N8O2. The van der Waals surface area contributed by atoms with Crippen molar-refractivity contribution >= 4 is 29.4 Å². The Morgan fingerprint density at radius 2 is 1.79 bits per heavy atom. The van der Waals surface area contributed by atoms with Gasteiger partial charge in [0.15, 0.2) is 0 Å². The monoisotopic (exact) mass is 456 g/mol. The minimum Gasteiger partial charge on any atom is -0.388 e. The molecule has 1 fully saturated rings. The summed E-state index contributed by atoms with van der Waals surface area (Å²) in [6.07, 6.45) is 2.64. The zero-order valence-electron chi connectivity index (χ0n) is 18.7. The zero-order valence-corrected chi connectivity index (χ0v) is 18.7. The predicted octanol–water partition coefficient (Wildman–Crippen LogP) is 3.81. The predicted molar refractivity (Wildman–Crippen MR) is 131 cm³/mol. The molecule has 34 heavy (non-hydrogen) atoms. The van der Waals surface area contributed by atoms with Crippen LogP contribution in [0.4, 0.5) is 23.1 Å². The molecule has 0 spiro atoms. The standard InChI is InChI=1S/C24H24N8O2/c1-26-20-12-17(2-3-18(20)14-25)21-13-22(30-24(29-21)32-8-10-33-11-9-32)28-19-6-4-16(5-7-19)23-27-15-34-31-23/h2-7,12-15,25-26H,8-11H2,1H3,(H,28,29,30). The van der Waals surface area contributed by atoms with Crippen LogP contribution in [-0.4, -0.2) is 59.7 Å². The van der Waals surface area contributed by atoms with Crippen LogP contribution in [0.5, 0.6) is 0 Å². The smallest absolute Gasteiger partial charge is 0.228 e. The summed E-state index contributed by atoms with van der Waals surface area (Å²) in [6, 6.07) is 15.5. The fraction of sp³-hybridized carbons (Fsp3) is 0.208. The number of hydrogen-bond donors (Lipinski definition) is 3. The molecule has 0 radical (unpaired) electrons. The maximum Gasteiger partial charge on any atom is 0.228 e. The molecule has 172 valence electrons. The highest BCUT2D eigenvalue weighted by Crippen LogP contribution is 2.29. The Labute approximate surface area is 196 Å². The van der Waals surface area contributed by atoms with Gasteiger partial charge < -0.3 is 30.2 Å². The van der Waals surface area contributed by atoms with Gasteiger partial charge in [-0.25, -0.2) is 4.98 Å². The second kappa shape index (κ2) is 9.67. The third-order valence-electron chi connectivity index (χ3n) is 5.56. The summed E-state index contributed by atoms with van der Waals surface area (Å²) >= 11 is 0. The van der Waals surface area contributed by atoms with Crippen molar-refractivity contribution in [1.82, 2.24) is 20.1 Å². The Kier molecular flexibility index (Phi) is 6.13. The van der Waals surface area contributed by atoms with Gasteiger partial charge in [-0.1, -0.05) is 17.3 Å². The Balaban J connectivity index is 1.49. The van der Waals surface area contributed by atoms with E-state index < -0.39 is 0 Å². The minimum atomic E-state index is 0.541. The van der Waals surface area contributed by atoms with E-state index >= 15 is 0 Å². The Bertz CT molecular complexity index is 1270. The van der Waals surface area contributed by atoms with Gasteiger partial charge in [0.05, 0.1) is 18.9 Å². The van der Waals surface area contributed by atoms with Crippen molar-refractivity contribution in [3.8, 4) is 22.6 Å². The van der Waals surface area contributed by atoms with Crippen LogP contribution in [0.25, 0.3) is 22.6 Å². The molecular weight excluding hydrogens is 432 g/mol. The van der Waals surface area contributed by atoms with E-state index in [-0.39, 0.29) is 0 Å². The van der Waals surface area contributed by atoms with E-state index in [0.717, 1.165) is 46.8 Å². The van der Waals surface area contributed by atoms with Gasteiger partial charge in [0.2, 0.25) is 18.2 Å². The highest BCUT2D eigenvalue weighted by Gasteiger charge is 2.17. The third kappa shape index (κ3) is 4.57. The van der Waals surface area contributed by atoms with Crippen molar-refractivity contribution in [3.05, 3.63) is 60.5 Å². The van der Waals surface area contributed by atoms with E-state index in [1.165, 1.54) is 12.6 Å². The number of aromatic nitrogens is 4. The summed E-state index contributed by atoms with van der Waals surface area (Å²) in [6.45, 7) is 2.76. The van der Waals surface area contributed by atoms with Crippen LogP contribution in [0.1, 0.15) is 5.56 Å². The van der Waals surface area contributed by atoms with Crippen LogP contribution in [0.3, 0.4) is 0 Å². The summed E-state index contributed by atoms with van der Waals surface area (Å²) in [7, 11) is 1.84. The topological polar surface area (TPSA) is 125 Å². The van der Waals surface area contributed by atoms with Crippen molar-refractivity contribution in [2.24, 2.45) is 0 Å². The van der Waals surface area contributed by atoms with Gasteiger partial charge in [0.1, 0.15) is 5.82 Å². The lowest BCUT2D eigenvalue weighted by atomic mass is 10.1. The first-order valence-electron chi connectivity index (χ1n) is 10.9. The third-order valence-corrected chi connectivity index (χ3v) is 5.56. The van der Waals surface area contributed by atoms with Gasteiger partial charge in [-0.05, 0) is 30.3 Å². The van der Waals surface area contributed by atoms with Gasteiger partial charge >= 0.3 is 0 Å². The fourth-order valence-electron chi connectivity index (χ4n) is 3.76. The lowest BCUT2D eigenvalue weighted by molar-refractivity contribution is 0.122. The molecule has 1 saturated heterocycles.